The third kappa shape index (κ3) is 4.18. The van der Waals surface area contributed by atoms with Crippen molar-refractivity contribution < 1.29 is 16.5 Å². The zero-order chi connectivity index (χ0) is 25.4. The Kier molecular flexibility index (Phi) is 7.63. The fourth-order valence-electron chi connectivity index (χ4n) is 9.95. The van der Waals surface area contributed by atoms with E-state index in [1.807, 2.05) is 24.8 Å². The SMILES string of the molecule is [Ni+2].c1cnn([B-]2(n3cccn3)C3CCCC2CCC3)c1.c1cnn([B-]2(n3cccn3)C3CCCC2CCC3)c1. The molecule has 39 heavy (non-hydrogen) atoms. The average molecular weight is 569 g/mol. The van der Waals surface area contributed by atoms with Crippen LogP contribution < -0.4 is 0 Å². The molecule has 4 aliphatic heterocycles. The zero-order valence-electron chi connectivity index (χ0n) is 22.8. The summed E-state index contributed by atoms with van der Waals surface area (Å²) in [7, 11) is 0. The van der Waals surface area contributed by atoms with E-state index in [1.54, 1.807) is 0 Å². The van der Waals surface area contributed by atoms with Crippen LogP contribution in [-0.4, -0.2) is 51.6 Å². The van der Waals surface area contributed by atoms with E-state index in [4.69, 9.17) is 0 Å². The zero-order valence-corrected chi connectivity index (χ0v) is 23.8. The molecule has 208 valence electrons. The Balaban J connectivity index is 0.000000138. The molecule has 0 unspecified atom stereocenters. The van der Waals surface area contributed by atoms with E-state index in [9.17, 15) is 0 Å². The van der Waals surface area contributed by atoms with Gasteiger partial charge in [0, 0.05) is 24.8 Å². The number of rotatable bonds is 4. The van der Waals surface area contributed by atoms with E-state index in [-0.39, 0.29) is 16.5 Å². The van der Waals surface area contributed by atoms with Crippen molar-refractivity contribution in [3.05, 3.63) is 73.8 Å². The summed E-state index contributed by atoms with van der Waals surface area (Å²) in [6, 6.07) is 8.21. The Labute approximate surface area is 241 Å². The van der Waals surface area contributed by atoms with Crippen LogP contribution in [0.3, 0.4) is 0 Å². The molecule has 11 heteroatoms. The van der Waals surface area contributed by atoms with Crippen molar-refractivity contribution in [2.45, 2.75) is 100 Å². The Bertz CT molecular complexity index is 1060. The molecule has 0 atom stereocenters. The van der Waals surface area contributed by atoms with Crippen molar-refractivity contribution in [2.75, 3.05) is 0 Å². The van der Waals surface area contributed by atoms with Crippen molar-refractivity contribution in [1.29, 1.82) is 0 Å². The predicted molar refractivity (Wildman–Crippen MR) is 152 cm³/mol. The Hall–Kier alpha value is -2.54. The van der Waals surface area contributed by atoms with Gasteiger partial charge in [0.05, 0.1) is 0 Å². The van der Waals surface area contributed by atoms with Gasteiger partial charge in [-0.15, -0.1) is 23.3 Å². The van der Waals surface area contributed by atoms with E-state index in [1.165, 1.54) is 77.0 Å². The molecule has 8 rings (SSSR count). The van der Waals surface area contributed by atoms with Crippen LogP contribution in [-0.2, 0) is 16.5 Å². The van der Waals surface area contributed by atoms with E-state index in [2.05, 4.69) is 87.8 Å². The molecular weight excluding hydrogens is 529 g/mol. The number of hydrogen-bond acceptors (Lipinski definition) is 4. The molecule has 0 amide bonds. The molecule has 4 saturated heterocycles. The third-order valence-corrected chi connectivity index (χ3v) is 11.2. The molecule has 4 aromatic rings. The van der Waals surface area contributed by atoms with Gasteiger partial charge >= 0.3 is 16.5 Å². The molecule has 0 radical (unpaired) electrons. The topological polar surface area (TPSA) is 71.3 Å². The van der Waals surface area contributed by atoms with E-state index in [0.29, 0.717) is 0 Å². The van der Waals surface area contributed by atoms with Crippen LogP contribution in [0.5, 0.6) is 0 Å². The minimum atomic E-state index is -0.868. The van der Waals surface area contributed by atoms with Crippen molar-refractivity contribution >= 4 is 12.8 Å². The smallest absolute Gasteiger partial charge is 0.422 e. The molecule has 4 aromatic heterocycles. The fraction of sp³-hybridized carbons (Fsp3) is 0.571. The first-order chi connectivity index (χ1) is 18.8. The summed E-state index contributed by atoms with van der Waals surface area (Å²) in [5.41, 5.74) is 0. The average Bonchev–Trinajstić information content (AvgIpc) is 3.77. The maximum Gasteiger partial charge on any atom is 2.00 e. The molecule has 8 nitrogen and oxygen atoms in total. The molecule has 4 bridgehead atoms. The van der Waals surface area contributed by atoms with Gasteiger partial charge in [0.15, 0.2) is 0 Å². The first-order valence-electron chi connectivity index (χ1n) is 15.2. The maximum absolute atomic E-state index is 4.63. The Morgan fingerprint density at radius 1 is 0.410 bits per heavy atom. The van der Waals surface area contributed by atoms with Gasteiger partial charge in [0.2, 0.25) is 12.8 Å². The fourth-order valence-corrected chi connectivity index (χ4v) is 9.95. The minimum absolute atomic E-state index is 0. The number of nitrogens with zero attached hydrogens (tertiary/aromatic N) is 8. The number of fused-ring (bicyclic) bond motifs is 4. The van der Waals surface area contributed by atoms with Crippen molar-refractivity contribution in [1.82, 2.24) is 38.8 Å². The molecule has 4 fully saturated rings. The normalized spacial score (nSPS) is 28.5. The van der Waals surface area contributed by atoms with E-state index < -0.39 is 12.8 Å². The van der Waals surface area contributed by atoms with E-state index >= 15 is 0 Å². The summed E-state index contributed by atoms with van der Waals surface area (Å²) >= 11 is 0. The van der Waals surface area contributed by atoms with Gasteiger partial charge in [-0.05, 0) is 49.1 Å². The summed E-state index contributed by atoms with van der Waals surface area (Å²) in [6.45, 7) is 0. The van der Waals surface area contributed by atoms with Gasteiger partial charge in [-0.25, -0.2) is 20.4 Å². The van der Waals surface area contributed by atoms with Crippen LogP contribution in [0.25, 0.3) is 0 Å². The van der Waals surface area contributed by atoms with Gasteiger partial charge in [-0.3, -0.25) is 0 Å². The first-order valence-corrected chi connectivity index (χ1v) is 15.2. The third-order valence-electron chi connectivity index (χ3n) is 11.2. The van der Waals surface area contributed by atoms with Crippen LogP contribution in [0.2, 0.25) is 23.3 Å². The molecule has 4 aliphatic rings. The molecule has 0 saturated carbocycles. The van der Waals surface area contributed by atoms with Crippen LogP contribution in [0.1, 0.15) is 77.0 Å². The molecule has 0 aromatic carbocycles. The summed E-state index contributed by atoms with van der Waals surface area (Å²) in [6.07, 6.45) is 30.7. The summed E-state index contributed by atoms with van der Waals surface area (Å²) in [5.74, 6) is 2.92. The largest absolute Gasteiger partial charge is 2.00 e. The summed E-state index contributed by atoms with van der Waals surface area (Å²) < 4.78 is 9.00. The molecule has 8 heterocycles. The van der Waals surface area contributed by atoms with Crippen LogP contribution >= 0.6 is 0 Å². The molecular formula is C28H40B2N8Ni. The van der Waals surface area contributed by atoms with Crippen LogP contribution in [0, 0.1) is 0 Å². The monoisotopic (exact) mass is 568 g/mol. The molecule has 0 N–H and O–H groups in total. The quantitative estimate of drug-likeness (QED) is 0.281. The van der Waals surface area contributed by atoms with Crippen molar-refractivity contribution in [2.24, 2.45) is 0 Å². The Morgan fingerprint density at radius 3 is 0.821 bits per heavy atom. The second-order valence-electron chi connectivity index (χ2n) is 12.5. The second-order valence-corrected chi connectivity index (χ2v) is 12.5. The van der Waals surface area contributed by atoms with Crippen LogP contribution in [0.15, 0.2) is 73.8 Å². The predicted octanol–water partition coefficient (Wildman–Crippen LogP) is 6.05. The van der Waals surface area contributed by atoms with Gasteiger partial charge < -0.3 is 18.4 Å². The summed E-state index contributed by atoms with van der Waals surface area (Å²) in [5, 5.41) is 18.5. The van der Waals surface area contributed by atoms with E-state index in [0.717, 1.165) is 23.3 Å². The molecule has 0 spiro atoms. The van der Waals surface area contributed by atoms with Crippen molar-refractivity contribution in [3.63, 3.8) is 0 Å². The maximum atomic E-state index is 4.63. The van der Waals surface area contributed by atoms with Gasteiger partial charge in [0.25, 0.3) is 0 Å². The van der Waals surface area contributed by atoms with Crippen LogP contribution in [0.4, 0.5) is 0 Å². The first kappa shape index (κ1) is 26.7. The van der Waals surface area contributed by atoms with Gasteiger partial charge in [-0.1, -0.05) is 77.0 Å². The summed E-state index contributed by atoms with van der Waals surface area (Å²) in [4.78, 5) is 0. The Morgan fingerprint density at radius 2 is 0.641 bits per heavy atom. The molecule has 0 aliphatic carbocycles. The second kappa shape index (κ2) is 11.1. The van der Waals surface area contributed by atoms with Gasteiger partial charge in [0.1, 0.15) is 0 Å². The minimum Gasteiger partial charge on any atom is -0.422 e. The number of aromatic nitrogens is 8. The standard InChI is InChI=1S/2C14H20BN4.Ni/c2*1-5-13-7-2-8-14(6-1)15(13,18-11-3-9-16-18)19-12-4-10-17-19;/h2*3-4,9-14H,1-2,5-8H2;/q2*-1;+2. The van der Waals surface area contributed by atoms with Crippen molar-refractivity contribution in [3.8, 4) is 0 Å². The van der Waals surface area contributed by atoms with Gasteiger partial charge in [-0.2, -0.15) is 0 Å². The number of hydrogen-bond donors (Lipinski definition) is 0.